The molecule has 6 nitrogen and oxygen atoms in total. The molecule has 0 aromatic heterocycles. The van der Waals surface area contributed by atoms with Crippen molar-refractivity contribution >= 4 is 12.2 Å². The fourth-order valence-electron chi connectivity index (χ4n) is 0.943. The molecule has 2 heterocycles. The Bertz CT molecular complexity index is 302. The third kappa shape index (κ3) is 0.721. The fraction of sp³-hybridized carbons (Fsp3) is 0.200. The highest BCUT2D eigenvalue weighted by atomic mass is 16.2. The van der Waals surface area contributed by atoms with Crippen LogP contribution in [0.4, 0.5) is 0 Å². The molecule has 2 aliphatic rings. The highest BCUT2D eigenvalue weighted by molar-refractivity contribution is 6.03. The first-order chi connectivity index (χ1) is 5.29. The molecule has 0 spiro atoms. The summed E-state index contributed by atoms with van der Waals surface area (Å²) in [6.07, 6.45) is 0.789. The van der Waals surface area contributed by atoms with Gasteiger partial charge in [0.25, 0.3) is 5.91 Å². The molecule has 2 aliphatic heterocycles. The van der Waals surface area contributed by atoms with E-state index in [0.29, 0.717) is 5.57 Å². The lowest BCUT2D eigenvalue weighted by molar-refractivity contribution is -0.116. The van der Waals surface area contributed by atoms with E-state index in [1.54, 1.807) is 0 Å². The van der Waals surface area contributed by atoms with E-state index in [4.69, 9.17) is 5.73 Å². The van der Waals surface area contributed by atoms with E-state index in [1.807, 2.05) is 0 Å². The number of fused-ring (bicyclic) bond motifs is 1. The maximum atomic E-state index is 11.0. The highest BCUT2D eigenvalue weighted by Crippen LogP contribution is 2.20. The molecule has 0 bridgehead atoms. The third-order valence-corrected chi connectivity index (χ3v) is 1.47. The first-order valence-electron chi connectivity index (χ1n) is 3.02. The van der Waals surface area contributed by atoms with Gasteiger partial charge in [-0.3, -0.25) is 4.79 Å². The van der Waals surface area contributed by atoms with E-state index in [1.165, 1.54) is 6.34 Å². The molecular weight excluding hydrogens is 146 g/mol. The largest absolute Gasteiger partial charge is 0.382 e. The molecule has 0 aromatic carbocycles. The average Bonchev–Trinajstić information content (AvgIpc) is 2.34. The molecule has 56 valence electrons. The predicted molar refractivity (Wildman–Crippen MR) is 36.5 cm³/mol. The number of carbonyl (C=O) groups is 1. The second-order valence-electron chi connectivity index (χ2n) is 2.14. The normalized spacial score (nSPS) is 27.3. The summed E-state index contributed by atoms with van der Waals surface area (Å²) in [7, 11) is 0. The van der Waals surface area contributed by atoms with Crippen molar-refractivity contribution in [2.24, 2.45) is 21.0 Å². The van der Waals surface area contributed by atoms with E-state index in [2.05, 4.69) is 20.5 Å². The Morgan fingerprint density at radius 2 is 2.45 bits per heavy atom. The lowest BCUT2D eigenvalue weighted by atomic mass is 10.2. The minimum Gasteiger partial charge on any atom is -0.382 e. The number of hydrogen-bond acceptors (Lipinski definition) is 5. The first-order valence-corrected chi connectivity index (χ1v) is 3.02. The van der Waals surface area contributed by atoms with Gasteiger partial charge < -0.3 is 11.1 Å². The van der Waals surface area contributed by atoms with Crippen molar-refractivity contribution in [3.8, 4) is 0 Å². The van der Waals surface area contributed by atoms with Crippen molar-refractivity contribution in [2.45, 2.75) is 6.17 Å². The molecule has 0 aromatic rings. The number of amides is 1. The monoisotopic (exact) mass is 151 g/mol. The van der Waals surface area contributed by atoms with E-state index in [-0.39, 0.29) is 11.7 Å². The Morgan fingerprint density at radius 1 is 1.64 bits per heavy atom. The molecule has 2 rings (SSSR count). The molecule has 0 saturated carbocycles. The van der Waals surface area contributed by atoms with E-state index in [9.17, 15) is 4.79 Å². The van der Waals surface area contributed by atoms with Gasteiger partial charge in [0, 0.05) is 0 Å². The Kier molecular flexibility index (Phi) is 1.03. The fourth-order valence-corrected chi connectivity index (χ4v) is 0.943. The van der Waals surface area contributed by atoms with Crippen LogP contribution < -0.4 is 11.1 Å². The summed E-state index contributed by atoms with van der Waals surface area (Å²) in [5, 5.41) is 9.59. The van der Waals surface area contributed by atoms with Gasteiger partial charge in [-0.05, 0) is 0 Å². The molecule has 0 fully saturated rings. The van der Waals surface area contributed by atoms with Gasteiger partial charge in [0.2, 0.25) is 0 Å². The lowest BCUT2D eigenvalue weighted by Gasteiger charge is -2.10. The van der Waals surface area contributed by atoms with Crippen molar-refractivity contribution in [1.82, 2.24) is 5.32 Å². The van der Waals surface area contributed by atoms with Crippen LogP contribution >= 0.6 is 0 Å². The van der Waals surface area contributed by atoms with Gasteiger partial charge in [-0.1, -0.05) is 0 Å². The van der Waals surface area contributed by atoms with Crippen LogP contribution in [0, 0.1) is 0 Å². The zero-order chi connectivity index (χ0) is 7.84. The molecular formula is C5H5N5O. The molecule has 0 saturated heterocycles. The second kappa shape index (κ2) is 1.88. The zero-order valence-corrected chi connectivity index (χ0v) is 5.48. The van der Waals surface area contributed by atoms with Crippen LogP contribution in [0.1, 0.15) is 0 Å². The molecule has 1 unspecified atom stereocenters. The number of carbonyl (C=O) groups excluding carboxylic acids is 1. The van der Waals surface area contributed by atoms with Crippen LogP contribution in [0.3, 0.4) is 0 Å². The number of aliphatic imine (C=N–C) groups is 1. The summed E-state index contributed by atoms with van der Waals surface area (Å²) >= 11 is 0. The number of nitrogens with one attached hydrogen (secondary N) is 1. The van der Waals surface area contributed by atoms with Crippen LogP contribution in [0.25, 0.3) is 0 Å². The first kappa shape index (κ1) is 6.02. The summed E-state index contributed by atoms with van der Waals surface area (Å²) in [5.74, 6) is -0.114. The number of hydrogen-bond donors (Lipinski definition) is 2. The maximum Gasteiger partial charge on any atom is 0.260 e. The van der Waals surface area contributed by atoms with Gasteiger partial charge in [0.15, 0.2) is 12.0 Å². The van der Waals surface area contributed by atoms with Crippen LogP contribution in [-0.2, 0) is 4.79 Å². The van der Waals surface area contributed by atoms with Crippen molar-refractivity contribution in [3.63, 3.8) is 0 Å². The van der Waals surface area contributed by atoms with Crippen LogP contribution in [0.2, 0.25) is 0 Å². The summed E-state index contributed by atoms with van der Waals surface area (Å²) < 4.78 is 0. The van der Waals surface area contributed by atoms with E-state index >= 15 is 0 Å². The SMILES string of the molecule is NC1=C2C(=O)NC=NC2N=N1. The number of rotatable bonds is 0. The van der Waals surface area contributed by atoms with Crippen molar-refractivity contribution in [2.75, 3.05) is 0 Å². The number of nitrogens with zero attached hydrogens (tertiary/aromatic N) is 3. The zero-order valence-electron chi connectivity index (χ0n) is 5.48. The van der Waals surface area contributed by atoms with Crippen molar-refractivity contribution in [1.29, 1.82) is 0 Å². The average molecular weight is 151 g/mol. The van der Waals surface area contributed by atoms with Crippen LogP contribution in [0.15, 0.2) is 26.6 Å². The van der Waals surface area contributed by atoms with Gasteiger partial charge >= 0.3 is 0 Å². The molecule has 1 amide bonds. The minimum atomic E-state index is -0.510. The second-order valence-corrected chi connectivity index (χ2v) is 2.14. The molecule has 0 aliphatic carbocycles. The summed E-state index contributed by atoms with van der Waals surface area (Å²) in [6.45, 7) is 0. The molecule has 11 heavy (non-hydrogen) atoms. The summed E-state index contributed by atoms with van der Waals surface area (Å²) in [5.41, 5.74) is 5.70. The van der Waals surface area contributed by atoms with Crippen molar-refractivity contribution < 1.29 is 4.79 Å². The quantitative estimate of drug-likeness (QED) is 0.469. The Labute approximate surface area is 61.9 Å². The third-order valence-electron chi connectivity index (χ3n) is 1.47. The minimum absolute atomic E-state index is 0.157. The van der Waals surface area contributed by atoms with Crippen molar-refractivity contribution in [3.05, 3.63) is 11.4 Å². The Morgan fingerprint density at radius 3 is 3.18 bits per heavy atom. The van der Waals surface area contributed by atoms with Gasteiger partial charge in [-0.2, -0.15) is 5.11 Å². The van der Waals surface area contributed by atoms with Gasteiger partial charge in [-0.25, -0.2) is 4.99 Å². The van der Waals surface area contributed by atoms with Crippen LogP contribution in [-0.4, -0.2) is 18.4 Å². The number of azo groups is 1. The standard InChI is InChI=1S/C5H5N5O/c6-3-2-4(10-9-3)7-1-8-5(2)11/h1,4H,6H2,(H,7,8,11). The predicted octanol–water partition coefficient (Wildman–Crippen LogP) is -0.893. The van der Waals surface area contributed by atoms with Crippen LogP contribution in [0.5, 0.6) is 0 Å². The molecule has 6 heteroatoms. The topological polar surface area (TPSA) is 92.2 Å². The lowest BCUT2D eigenvalue weighted by Crippen LogP contribution is -2.33. The van der Waals surface area contributed by atoms with Gasteiger partial charge in [0.05, 0.1) is 6.34 Å². The smallest absolute Gasteiger partial charge is 0.260 e. The summed E-state index contributed by atoms with van der Waals surface area (Å²) in [4.78, 5) is 14.9. The Hall–Kier alpha value is -1.72. The van der Waals surface area contributed by atoms with E-state index in [0.717, 1.165) is 0 Å². The summed E-state index contributed by atoms with van der Waals surface area (Å²) in [6, 6.07) is 0. The van der Waals surface area contributed by atoms with Gasteiger partial charge in [-0.15, -0.1) is 5.11 Å². The molecule has 3 N–H and O–H groups in total. The molecule has 1 atom stereocenters. The van der Waals surface area contributed by atoms with E-state index < -0.39 is 6.17 Å². The van der Waals surface area contributed by atoms with Gasteiger partial charge in [0.1, 0.15) is 5.57 Å². The Balaban J connectivity index is 2.49. The number of nitrogens with two attached hydrogens (primary N) is 1. The highest BCUT2D eigenvalue weighted by Gasteiger charge is 2.29. The maximum absolute atomic E-state index is 11.0. The molecule has 0 radical (unpaired) electrons.